The van der Waals surface area contributed by atoms with E-state index in [4.69, 9.17) is 9.47 Å². The van der Waals surface area contributed by atoms with E-state index in [1.807, 2.05) is 6.07 Å². The van der Waals surface area contributed by atoms with Gasteiger partial charge in [-0.2, -0.15) is 26.3 Å². The summed E-state index contributed by atoms with van der Waals surface area (Å²) in [7, 11) is 0. The Balaban J connectivity index is 1.51. The molecular formula is C32H31F6N3O4. The lowest BCUT2D eigenvalue weighted by atomic mass is 9.76. The summed E-state index contributed by atoms with van der Waals surface area (Å²) in [4.78, 5) is 27.6. The first-order valence-corrected chi connectivity index (χ1v) is 14.3. The van der Waals surface area contributed by atoms with Crippen LogP contribution in [0.25, 0.3) is 0 Å². The summed E-state index contributed by atoms with van der Waals surface area (Å²) in [6.07, 6.45) is -11.3. The molecule has 0 aliphatic carbocycles. The fourth-order valence-corrected chi connectivity index (χ4v) is 5.95. The number of halogens is 6. The van der Waals surface area contributed by atoms with E-state index in [1.165, 1.54) is 11.8 Å². The van der Waals surface area contributed by atoms with Crippen molar-refractivity contribution in [2.75, 3.05) is 13.2 Å². The molecule has 2 fully saturated rings. The number of piperidine rings is 1. The van der Waals surface area contributed by atoms with Gasteiger partial charge in [0.25, 0.3) is 0 Å². The van der Waals surface area contributed by atoms with Crippen LogP contribution in [0.2, 0.25) is 0 Å². The van der Waals surface area contributed by atoms with Gasteiger partial charge in [-0.25, -0.2) is 9.59 Å². The first-order valence-electron chi connectivity index (χ1n) is 14.3. The van der Waals surface area contributed by atoms with Gasteiger partial charge >= 0.3 is 24.5 Å². The highest BCUT2D eigenvalue weighted by molar-refractivity contribution is 5.77. The average molecular weight is 636 g/mol. The average Bonchev–Trinajstić information content (AvgIpc) is 3.02. The molecular weight excluding hydrogens is 604 g/mol. The van der Waals surface area contributed by atoms with E-state index < -0.39 is 59.3 Å². The van der Waals surface area contributed by atoms with Crippen molar-refractivity contribution in [2.24, 2.45) is 0 Å². The van der Waals surface area contributed by atoms with E-state index in [0.717, 1.165) is 5.56 Å². The third-order valence-electron chi connectivity index (χ3n) is 8.28. The number of hydrogen-bond acceptors (Lipinski definition) is 4. The maximum Gasteiger partial charge on any atom is 0.416 e. The Morgan fingerprint density at radius 2 is 1.56 bits per heavy atom. The fourth-order valence-electron chi connectivity index (χ4n) is 5.95. The molecule has 1 unspecified atom stereocenters. The van der Waals surface area contributed by atoms with Crippen LogP contribution in [0.4, 0.5) is 35.9 Å². The van der Waals surface area contributed by atoms with Gasteiger partial charge in [0.2, 0.25) is 0 Å². The second-order valence-corrected chi connectivity index (χ2v) is 11.2. The molecule has 4 atom stereocenters. The maximum absolute atomic E-state index is 14.0. The number of nitrogens with one attached hydrogen (secondary N) is 2. The summed E-state index contributed by atoms with van der Waals surface area (Å²) in [5, 5.41) is 5.55. The van der Waals surface area contributed by atoms with Gasteiger partial charge in [0.1, 0.15) is 6.61 Å². The summed E-state index contributed by atoms with van der Waals surface area (Å²) in [5.74, 6) is 0. The molecule has 45 heavy (non-hydrogen) atoms. The number of hydrogen-bond donors (Lipinski definition) is 2. The molecule has 3 aromatic rings. The summed E-state index contributed by atoms with van der Waals surface area (Å²) >= 11 is 0. The number of benzene rings is 3. The number of likely N-dealkylation sites (tertiary alicyclic amines) is 1. The second-order valence-electron chi connectivity index (χ2n) is 11.2. The highest BCUT2D eigenvalue weighted by Gasteiger charge is 2.53. The van der Waals surface area contributed by atoms with Gasteiger partial charge in [-0.05, 0) is 54.7 Å². The summed E-state index contributed by atoms with van der Waals surface area (Å²) in [6.45, 7) is 1.11. The largest absolute Gasteiger partial charge is 0.445 e. The van der Waals surface area contributed by atoms with Gasteiger partial charge in [-0.1, -0.05) is 60.7 Å². The van der Waals surface area contributed by atoms with E-state index in [2.05, 4.69) is 10.6 Å². The molecule has 0 aromatic heterocycles. The van der Waals surface area contributed by atoms with Crippen LogP contribution in [0.15, 0.2) is 78.9 Å². The minimum Gasteiger partial charge on any atom is -0.445 e. The Labute approximate surface area is 255 Å². The molecule has 0 radical (unpaired) electrons. The lowest BCUT2D eigenvalue weighted by molar-refractivity contribution is -0.143. The Bertz CT molecular complexity index is 1470. The van der Waals surface area contributed by atoms with Crippen molar-refractivity contribution < 1.29 is 45.4 Å². The minimum atomic E-state index is -5.02. The van der Waals surface area contributed by atoms with Gasteiger partial charge in [0.05, 0.1) is 41.5 Å². The zero-order chi connectivity index (χ0) is 32.4. The number of urea groups is 1. The van der Waals surface area contributed by atoms with Crippen molar-refractivity contribution in [2.45, 2.75) is 62.5 Å². The van der Waals surface area contributed by atoms with Crippen molar-refractivity contribution in [3.05, 3.63) is 107 Å². The lowest BCUT2D eigenvalue weighted by Gasteiger charge is -2.54. The van der Waals surface area contributed by atoms with E-state index in [1.54, 1.807) is 54.6 Å². The minimum absolute atomic E-state index is 0.0556. The molecule has 2 aliphatic heterocycles. The predicted octanol–water partition coefficient (Wildman–Crippen LogP) is 7.18. The van der Waals surface area contributed by atoms with E-state index in [0.29, 0.717) is 24.1 Å². The molecule has 13 heteroatoms. The zero-order valence-electron chi connectivity index (χ0n) is 24.1. The van der Waals surface area contributed by atoms with Crippen molar-refractivity contribution in [3.8, 4) is 0 Å². The topological polar surface area (TPSA) is 79.9 Å². The Hall–Kier alpha value is -4.26. The molecule has 3 amide bonds. The van der Waals surface area contributed by atoms with Crippen LogP contribution in [0, 0.1) is 0 Å². The quantitative estimate of drug-likeness (QED) is 0.270. The Morgan fingerprint density at radius 1 is 0.956 bits per heavy atom. The van der Waals surface area contributed by atoms with Crippen molar-refractivity contribution in [3.63, 3.8) is 0 Å². The lowest BCUT2D eigenvalue weighted by Crippen LogP contribution is -2.72. The van der Waals surface area contributed by atoms with E-state index in [-0.39, 0.29) is 37.8 Å². The molecule has 240 valence electrons. The molecule has 5 rings (SSSR count). The highest BCUT2D eigenvalue weighted by atomic mass is 19.4. The number of carbonyl (C=O) groups is 2. The second kappa shape index (κ2) is 12.6. The highest BCUT2D eigenvalue weighted by Crippen LogP contribution is 2.44. The number of carbonyl (C=O) groups excluding carboxylic acids is 2. The Kier molecular flexibility index (Phi) is 9.02. The molecule has 3 aromatic carbocycles. The van der Waals surface area contributed by atoms with Crippen molar-refractivity contribution in [1.29, 1.82) is 0 Å². The SMILES string of the molecule is C[C@@H](OCC1(c2ccccc2)CC[C@@H]2NC(=O)NC[C@H]2N1C(=O)OCc1ccccc1)c1cc(C(F)(F)F)cc(C(F)(F)F)c1. The summed E-state index contributed by atoms with van der Waals surface area (Å²) in [5.41, 5.74) is -3.10. The number of amides is 3. The normalized spacial score (nSPS) is 22.6. The first kappa shape index (κ1) is 32.1. The zero-order valence-corrected chi connectivity index (χ0v) is 24.1. The van der Waals surface area contributed by atoms with Crippen LogP contribution >= 0.6 is 0 Å². The number of ether oxygens (including phenoxy) is 2. The molecule has 2 saturated heterocycles. The third kappa shape index (κ3) is 7.03. The van der Waals surface area contributed by atoms with Crippen molar-refractivity contribution in [1.82, 2.24) is 15.5 Å². The standard InChI is InChI=1S/C32H31F6N3O4/c1-20(22-14-24(31(33,34)35)16-25(15-22)32(36,37)38)45-19-30(23-10-6-3-7-11-23)13-12-26-27(17-39-28(42)40-26)41(30)29(43)44-18-21-8-4-2-5-9-21/h2-11,14-16,20,26-27H,12-13,17-19H2,1H3,(H2,39,40,42)/t20-,26+,27-,30?/m1/s1. The third-order valence-corrected chi connectivity index (χ3v) is 8.28. The summed E-state index contributed by atoms with van der Waals surface area (Å²) in [6, 6.07) is 17.7. The molecule has 2 N–H and O–H groups in total. The number of nitrogens with zero attached hydrogens (tertiary/aromatic N) is 1. The number of alkyl halides is 6. The van der Waals surface area contributed by atoms with Crippen LogP contribution in [-0.4, -0.2) is 42.3 Å². The van der Waals surface area contributed by atoms with Gasteiger partial charge in [0, 0.05) is 6.54 Å². The van der Waals surface area contributed by atoms with Gasteiger partial charge in [-0.15, -0.1) is 0 Å². The molecule has 2 heterocycles. The first-order chi connectivity index (χ1) is 21.3. The fraction of sp³-hybridized carbons (Fsp3) is 0.375. The van der Waals surface area contributed by atoms with Gasteiger partial charge in [0.15, 0.2) is 0 Å². The molecule has 0 saturated carbocycles. The maximum atomic E-state index is 14.0. The Morgan fingerprint density at radius 3 is 2.16 bits per heavy atom. The van der Waals surface area contributed by atoms with E-state index in [9.17, 15) is 35.9 Å². The van der Waals surface area contributed by atoms with Gasteiger partial charge in [-0.3, -0.25) is 4.90 Å². The van der Waals surface area contributed by atoms with Crippen LogP contribution in [0.1, 0.15) is 53.7 Å². The molecule has 7 nitrogen and oxygen atoms in total. The molecule has 0 spiro atoms. The smallest absolute Gasteiger partial charge is 0.416 e. The van der Waals surface area contributed by atoms with Crippen molar-refractivity contribution >= 4 is 12.1 Å². The molecule has 0 bridgehead atoms. The number of fused-ring (bicyclic) bond motifs is 1. The van der Waals surface area contributed by atoms with Crippen LogP contribution in [0.5, 0.6) is 0 Å². The predicted molar refractivity (Wildman–Crippen MR) is 151 cm³/mol. The summed E-state index contributed by atoms with van der Waals surface area (Å²) < 4.78 is 93.3. The van der Waals surface area contributed by atoms with Crippen LogP contribution in [-0.2, 0) is 34.0 Å². The van der Waals surface area contributed by atoms with E-state index >= 15 is 0 Å². The number of rotatable bonds is 7. The molecule has 2 aliphatic rings. The van der Waals surface area contributed by atoms with Crippen LogP contribution in [0.3, 0.4) is 0 Å². The van der Waals surface area contributed by atoms with Crippen LogP contribution < -0.4 is 10.6 Å². The van der Waals surface area contributed by atoms with Gasteiger partial charge < -0.3 is 20.1 Å². The monoisotopic (exact) mass is 635 g/mol.